The molecule has 2 fully saturated rings. The lowest BCUT2D eigenvalue weighted by molar-refractivity contribution is -0.133. The molecule has 2 rings (SSSR count). The van der Waals surface area contributed by atoms with E-state index in [1.165, 1.54) is 25.7 Å². The Hall–Kier alpha value is -0.620. The first-order valence-electron chi connectivity index (χ1n) is 8.50. The molecular formula is C16H29NO4S. The van der Waals surface area contributed by atoms with Crippen LogP contribution in [-0.2, 0) is 19.4 Å². The molecule has 0 bridgehead atoms. The molecule has 1 saturated carbocycles. The first kappa shape index (κ1) is 17.7. The van der Waals surface area contributed by atoms with Crippen molar-refractivity contribution in [2.45, 2.75) is 57.4 Å². The van der Waals surface area contributed by atoms with Gasteiger partial charge in [-0.2, -0.15) is 0 Å². The number of rotatable bonds is 8. The van der Waals surface area contributed by atoms with Gasteiger partial charge < -0.3 is 9.64 Å². The summed E-state index contributed by atoms with van der Waals surface area (Å²) in [6.07, 6.45) is 7.94. The third kappa shape index (κ3) is 5.23. The fourth-order valence-corrected chi connectivity index (χ4v) is 5.41. The van der Waals surface area contributed by atoms with Crippen LogP contribution in [0.5, 0.6) is 0 Å². The van der Waals surface area contributed by atoms with Crippen molar-refractivity contribution < 1.29 is 17.9 Å². The molecule has 6 heteroatoms. The Morgan fingerprint density at radius 3 is 2.55 bits per heavy atom. The molecule has 1 atom stereocenters. The summed E-state index contributed by atoms with van der Waals surface area (Å²) in [5.41, 5.74) is 0. The summed E-state index contributed by atoms with van der Waals surface area (Å²) < 4.78 is 28.5. The lowest BCUT2D eigenvalue weighted by atomic mass is 10.0. The molecule has 2 aliphatic rings. The minimum atomic E-state index is -2.96. The first-order valence-corrected chi connectivity index (χ1v) is 10.3. The molecule has 0 aromatic rings. The lowest BCUT2D eigenvalue weighted by Crippen LogP contribution is -2.42. The largest absolute Gasteiger partial charge is 0.385 e. The Morgan fingerprint density at radius 2 is 1.95 bits per heavy atom. The zero-order valence-corrected chi connectivity index (χ0v) is 14.4. The molecular weight excluding hydrogens is 302 g/mol. The van der Waals surface area contributed by atoms with Crippen LogP contribution in [-0.4, -0.2) is 57.0 Å². The van der Waals surface area contributed by atoms with Gasteiger partial charge in [0.2, 0.25) is 5.91 Å². The van der Waals surface area contributed by atoms with E-state index in [1.807, 2.05) is 4.90 Å². The highest BCUT2D eigenvalue weighted by Gasteiger charge is 2.34. The molecule has 1 saturated heterocycles. The molecule has 1 aliphatic heterocycles. The maximum absolute atomic E-state index is 12.6. The summed E-state index contributed by atoms with van der Waals surface area (Å²) in [5.74, 6) is 1.17. The Bertz CT molecular complexity index is 457. The Balaban J connectivity index is 1.89. The minimum absolute atomic E-state index is 0.127. The monoisotopic (exact) mass is 331 g/mol. The van der Waals surface area contributed by atoms with Crippen molar-refractivity contribution in [1.29, 1.82) is 0 Å². The number of hydrogen-bond donors (Lipinski definition) is 0. The van der Waals surface area contributed by atoms with E-state index in [0.29, 0.717) is 31.9 Å². The minimum Gasteiger partial charge on any atom is -0.385 e. The molecule has 1 unspecified atom stereocenters. The van der Waals surface area contributed by atoms with E-state index in [1.54, 1.807) is 7.11 Å². The highest BCUT2D eigenvalue weighted by Crippen LogP contribution is 2.29. The van der Waals surface area contributed by atoms with Gasteiger partial charge in [0.1, 0.15) is 0 Å². The van der Waals surface area contributed by atoms with Crippen molar-refractivity contribution in [2.75, 3.05) is 31.8 Å². The van der Waals surface area contributed by atoms with E-state index in [9.17, 15) is 13.2 Å². The molecule has 0 aromatic heterocycles. The predicted molar refractivity (Wildman–Crippen MR) is 86.5 cm³/mol. The fraction of sp³-hybridized carbons (Fsp3) is 0.938. The normalized spacial score (nSPS) is 24.7. The smallest absolute Gasteiger partial charge is 0.222 e. The number of sulfone groups is 1. The molecule has 5 nitrogen and oxygen atoms in total. The van der Waals surface area contributed by atoms with Crippen molar-refractivity contribution >= 4 is 15.7 Å². The summed E-state index contributed by atoms with van der Waals surface area (Å²) >= 11 is 0. The number of carbonyl (C=O) groups is 1. The van der Waals surface area contributed by atoms with Crippen LogP contribution >= 0.6 is 0 Å². The second kappa shape index (κ2) is 8.29. The molecule has 0 N–H and O–H groups in total. The van der Waals surface area contributed by atoms with Gasteiger partial charge in [0.15, 0.2) is 9.84 Å². The number of ether oxygens (including phenoxy) is 1. The van der Waals surface area contributed by atoms with Gasteiger partial charge >= 0.3 is 0 Å². The maximum Gasteiger partial charge on any atom is 0.222 e. The average Bonchev–Trinajstić information content (AvgIpc) is 3.10. The summed E-state index contributed by atoms with van der Waals surface area (Å²) in [4.78, 5) is 14.4. The number of nitrogens with zero attached hydrogens (tertiary/aromatic N) is 1. The van der Waals surface area contributed by atoms with E-state index in [0.717, 1.165) is 12.8 Å². The molecule has 1 aliphatic carbocycles. The van der Waals surface area contributed by atoms with Gasteiger partial charge in [-0.3, -0.25) is 4.79 Å². The molecule has 22 heavy (non-hydrogen) atoms. The van der Waals surface area contributed by atoms with Crippen molar-refractivity contribution in [3.63, 3.8) is 0 Å². The summed E-state index contributed by atoms with van der Waals surface area (Å²) in [5, 5.41) is 0. The standard InChI is InChI=1S/C16H29NO4S/c1-21-11-4-10-17(15-9-12-22(19,20)13-15)16(18)8-7-14-5-2-3-6-14/h14-15H,2-13H2,1H3. The molecule has 128 valence electrons. The van der Waals surface area contributed by atoms with Gasteiger partial charge in [0, 0.05) is 32.7 Å². The maximum atomic E-state index is 12.6. The predicted octanol–water partition coefficient (Wildman–Crippen LogP) is 2.01. The second-order valence-electron chi connectivity index (χ2n) is 6.68. The van der Waals surface area contributed by atoms with Crippen LogP contribution in [0.15, 0.2) is 0 Å². The Kier molecular flexibility index (Phi) is 6.68. The van der Waals surface area contributed by atoms with Crippen LogP contribution < -0.4 is 0 Å². The van der Waals surface area contributed by atoms with Gasteiger partial charge in [-0.25, -0.2) is 8.42 Å². The molecule has 0 spiro atoms. The average molecular weight is 331 g/mol. The third-order valence-electron chi connectivity index (χ3n) is 4.96. The van der Waals surface area contributed by atoms with Crippen molar-refractivity contribution in [1.82, 2.24) is 4.90 Å². The zero-order chi connectivity index (χ0) is 16.0. The van der Waals surface area contributed by atoms with E-state index in [-0.39, 0.29) is 23.5 Å². The molecule has 0 radical (unpaired) electrons. The molecule has 1 amide bonds. The van der Waals surface area contributed by atoms with Crippen molar-refractivity contribution in [3.8, 4) is 0 Å². The Morgan fingerprint density at radius 1 is 1.23 bits per heavy atom. The van der Waals surface area contributed by atoms with Crippen molar-refractivity contribution in [3.05, 3.63) is 0 Å². The van der Waals surface area contributed by atoms with Crippen LogP contribution in [0.3, 0.4) is 0 Å². The zero-order valence-electron chi connectivity index (χ0n) is 13.6. The number of hydrogen-bond acceptors (Lipinski definition) is 4. The van der Waals surface area contributed by atoms with Gasteiger partial charge in [-0.15, -0.1) is 0 Å². The second-order valence-corrected chi connectivity index (χ2v) is 8.91. The number of amides is 1. The molecule has 0 aromatic carbocycles. The third-order valence-corrected chi connectivity index (χ3v) is 6.71. The van der Waals surface area contributed by atoms with Crippen LogP contribution in [0.1, 0.15) is 51.4 Å². The SMILES string of the molecule is COCCCN(C(=O)CCC1CCCC1)C1CCS(=O)(=O)C1. The number of methoxy groups -OCH3 is 1. The van der Waals surface area contributed by atoms with Crippen molar-refractivity contribution in [2.24, 2.45) is 5.92 Å². The van der Waals surface area contributed by atoms with E-state index in [4.69, 9.17) is 4.74 Å². The summed E-state index contributed by atoms with van der Waals surface area (Å²) in [6.45, 7) is 1.21. The Labute approximate surface area is 134 Å². The lowest BCUT2D eigenvalue weighted by Gasteiger charge is -2.29. The molecule has 1 heterocycles. The van der Waals surface area contributed by atoms with Crippen LogP contribution in [0, 0.1) is 5.92 Å². The van der Waals surface area contributed by atoms with Crippen LogP contribution in [0.2, 0.25) is 0 Å². The highest BCUT2D eigenvalue weighted by molar-refractivity contribution is 7.91. The van der Waals surface area contributed by atoms with Gasteiger partial charge in [-0.1, -0.05) is 25.7 Å². The van der Waals surface area contributed by atoms with Gasteiger partial charge in [0.05, 0.1) is 11.5 Å². The van der Waals surface area contributed by atoms with Gasteiger partial charge in [-0.05, 0) is 25.2 Å². The van der Waals surface area contributed by atoms with Crippen LogP contribution in [0.25, 0.3) is 0 Å². The fourth-order valence-electron chi connectivity index (χ4n) is 3.68. The van der Waals surface area contributed by atoms with Crippen LogP contribution in [0.4, 0.5) is 0 Å². The first-order chi connectivity index (χ1) is 10.5. The summed E-state index contributed by atoms with van der Waals surface area (Å²) in [6, 6.07) is -0.127. The summed E-state index contributed by atoms with van der Waals surface area (Å²) in [7, 11) is -1.32. The van der Waals surface area contributed by atoms with Gasteiger partial charge in [0.25, 0.3) is 0 Å². The van der Waals surface area contributed by atoms with E-state index >= 15 is 0 Å². The van der Waals surface area contributed by atoms with E-state index < -0.39 is 9.84 Å². The number of carbonyl (C=O) groups excluding carboxylic acids is 1. The van der Waals surface area contributed by atoms with E-state index in [2.05, 4.69) is 0 Å². The highest BCUT2D eigenvalue weighted by atomic mass is 32.2. The topological polar surface area (TPSA) is 63.7 Å². The quantitative estimate of drug-likeness (QED) is 0.638.